The maximum atomic E-state index is 12.2. The molecule has 0 bridgehead atoms. The lowest BCUT2D eigenvalue weighted by atomic mass is 10.0. The molecule has 0 aromatic heterocycles. The van der Waals surface area contributed by atoms with Crippen molar-refractivity contribution in [1.29, 1.82) is 0 Å². The summed E-state index contributed by atoms with van der Waals surface area (Å²) in [7, 11) is 2.80. The fourth-order valence-corrected chi connectivity index (χ4v) is 2.26. The highest BCUT2D eigenvalue weighted by Gasteiger charge is 2.24. The molecule has 0 heterocycles. The molecule has 2 N–H and O–H groups in total. The van der Waals surface area contributed by atoms with E-state index in [1.54, 1.807) is 0 Å². The number of nitrogens with zero attached hydrogens (tertiary/aromatic N) is 1. The first-order chi connectivity index (χ1) is 10.5. The molecule has 0 saturated heterocycles. The Balaban J connectivity index is 2.24. The van der Waals surface area contributed by atoms with Crippen LogP contribution >= 0.6 is 0 Å². The van der Waals surface area contributed by atoms with Gasteiger partial charge in [0.2, 0.25) is 0 Å². The SMILES string of the molecule is CON(C)C(=O)[C@H](Cc1ccc2ccccc2c1)NC(=O)O. The second-order valence-corrected chi connectivity index (χ2v) is 4.91. The van der Waals surface area contributed by atoms with Crippen LogP contribution in [0.3, 0.4) is 0 Å². The molecule has 116 valence electrons. The zero-order valence-corrected chi connectivity index (χ0v) is 12.4. The lowest BCUT2D eigenvalue weighted by Crippen LogP contribution is -2.47. The van der Waals surface area contributed by atoms with Gasteiger partial charge in [0.1, 0.15) is 6.04 Å². The molecule has 2 aromatic carbocycles. The van der Waals surface area contributed by atoms with Gasteiger partial charge in [-0.1, -0.05) is 42.5 Å². The Morgan fingerprint density at radius 2 is 1.91 bits per heavy atom. The van der Waals surface area contributed by atoms with E-state index in [0.717, 1.165) is 21.4 Å². The number of hydrogen-bond donors (Lipinski definition) is 2. The van der Waals surface area contributed by atoms with Gasteiger partial charge in [0.15, 0.2) is 0 Å². The molecule has 0 radical (unpaired) electrons. The van der Waals surface area contributed by atoms with Crippen LogP contribution in [0.4, 0.5) is 4.79 Å². The van der Waals surface area contributed by atoms with Gasteiger partial charge in [0.25, 0.3) is 5.91 Å². The molecule has 22 heavy (non-hydrogen) atoms. The fourth-order valence-electron chi connectivity index (χ4n) is 2.26. The summed E-state index contributed by atoms with van der Waals surface area (Å²) >= 11 is 0. The van der Waals surface area contributed by atoms with Crippen molar-refractivity contribution in [3.63, 3.8) is 0 Å². The third-order valence-corrected chi connectivity index (χ3v) is 3.43. The number of rotatable bonds is 5. The summed E-state index contributed by atoms with van der Waals surface area (Å²) in [5, 5.41) is 14.3. The minimum atomic E-state index is -1.25. The first-order valence-corrected chi connectivity index (χ1v) is 6.80. The molecule has 0 saturated carbocycles. The van der Waals surface area contributed by atoms with Crippen LogP contribution in [0.5, 0.6) is 0 Å². The maximum Gasteiger partial charge on any atom is 0.405 e. The zero-order valence-electron chi connectivity index (χ0n) is 12.4. The van der Waals surface area contributed by atoms with E-state index in [4.69, 9.17) is 9.94 Å². The topological polar surface area (TPSA) is 78.9 Å². The van der Waals surface area contributed by atoms with Crippen molar-refractivity contribution in [3.8, 4) is 0 Å². The second kappa shape index (κ2) is 6.91. The summed E-state index contributed by atoms with van der Waals surface area (Å²) in [6.45, 7) is 0. The minimum Gasteiger partial charge on any atom is -0.465 e. The van der Waals surface area contributed by atoms with Gasteiger partial charge in [-0.25, -0.2) is 9.86 Å². The van der Waals surface area contributed by atoms with E-state index in [2.05, 4.69) is 5.32 Å². The predicted molar refractivity (Wildman–Crippen MR) is 82.4 cm³/mol. The molecule has 2 amide bonds. The Kier molecular flexibility index (Phi) is 4.95. The van der Waals surface area contributed by atoms with Crippen molar-refractivity contribution in [2.75, 3.05) is 14.2 Å². The number of likely N-dealkylation sites (N-methyl/N-ethyl adjacent to an activating group) is 1. The van der Waals surface area contributed by atoms with Crippen molar-refractivity contribution in [2.24, 2.45) is 0 Å². The molecule has 6 heteroatoms. The largest absolute Gasteiger partial charge is 0.465 e. The average Bonchev–Trinajstić information content (AvgIpc) is 2.52. The second-order valence-electron chi connectivity index (χ2n) is 4.91. The lowest BCUT2D eigenvalue weighted by Gasteiger charge is -2.21. The highest BCUT2D eigenvalue weighted by Crippen LogP contribution is 2.17. The van der Waals surface area contributed by atoms with E-state index in [1.807, 2.05) is 42.5 Å². The summed E-state index contributed by atoms with van der Waals surface area (Å²) < 4.78 is 0. The van der Waals surface area contributed by atoms with E-state index in [1.165, 1.54) is 14.2 Å². The smallest absolute Gasteiger partial charge is 0.405 e. The van der Waals surface area contributed by atoms with E-state index in [-0.39, 0.29) is 6.42 Å². The van der Waals surface area contributed by atoms with Crippen LogP contribution in [0.15, 0.2) is 42.5 Å². The predicted octanol–water partition coefficient (Wildman–Crippen LogP) is 2.04. The highest BCUT2D eigenvalue weighted by molar-refractivity contribution is 5.86. The number of fused-ring (bicyclic) bond motifs is 1. The highest BCUT2D eigenvalue weighted by atomic mass is 16.7. The van der Waals surface area contributed by atoms with Gasteiger partial charge >= 0.3 is 6.09 Å². The van der Waals surface area contributed by atoms with Crippen LogP contribution in [0.1, 0.15) is 5.56 Å². The van der Waals surface area contributed by atoms with Crippen LogP contribution in [0, 0.1) is 0 Å². The summed E-state index contributed by atoms with van der Waals surface area (Å²) in [5.41, 5.74) is 0.871. The molecule has 6 nitrogen and oxygen atoms in total. The summed E-state index contributed by atoms with van der Waals surface area (Å²) in [6.07, 6.45) is -0.993. The van der Waals surface area contributed by atoms with Crippen molar-refractivity contribution in [2.45, 2.75) is 12.5 Å². The van der Waals surface area contributed by atoms with Gasteiger partial charge in [-0.05, 0) is 16.3 Å². The monoisotopic (exact) mass is 302 g/mol. The number of amides is 2. The van der Waals surface area contributed by atoms with Crippen LogP contribution in [0.2, 0.25) is 0 Å². The molecule has 0 aliphatic rings. The zero-order chi connectivity index (χ0) is 16.1. The minimum absolute atomic E-state index is 0.254. The van der Waals surface area contributed by atoms with Gasteiger partial charge in [-0.2, -0.15) is 0 Å². The Hall–Kier alpha value is -2.60. The van der Waals surface area contributed by atoms with Crippen molar-refractivity contribution in [1.82, 2.24) is 10.4 Å². The van der Waals surface area contributed by atoms with E-state index < -0.39 is 18.0 Å². The molecule has 1 atom stereocenters. The standard InChI is InChI=1S/C16H18N2O4/c1-18(22-2)15(19)14(17-16(20)21)10-11-7-8-12-5-3-4-6-13(12)9-11/h3-9,14,17H,10H2,1-2H3,(H,20,21)/t14-/m0/s1. The van der Waals surface area contributed by atoms with Crippen molar-refractivity contribution in [3.05, 3.63) is 48.0 Å². The molecule has 2 aromatic rings. The van der Waals surface area contributed by atoms with E-state index >= 15 is 0 Å². The quantitative estimate of drug-likeness (QED) is 0.828. The average molecular weight is 302 g/mol. The van der Waals surface area contributed by atoms with Gasteiger partial charge in [-0.3, -0.25) is 9.63 Å². The molecule has 0 aliphatic heterocycles. The first kappa shape index (κ1) is 15.8. The number of hydroxylamine groups is 2. The number of carbonyl (C=O) groups is 2. The molecular formula is C16H18N2O4. The van der Waals surface area contributed by atoms with Crippen molar-refractivity contribution >= 4 is 22.8 Å². The van der Waals surface area contributed by atoms with Crippen LogP contribution in [-0.4, -0.2) is 42.4 Å². The molecule has 0 fully saturated rings. The summed E-state index contributed by atoms with van der Waals surface area (Å²) in [5.74, 6) is -0.446. The number of carboxylic acid groups (broad SMARTS) is 1. The maximum absolute atomic E-state index is 12.2. The Morgan fingerprint density at radius 3 is 2.55 bits per heavy atom. The molecule has 0 spiro atoms. The summed E-state index contributed by atoms with van der Waals surface area (Å²) in [4.78, 5) is 27.9. The molecule has 0 aliphatic carbocycles. The van der Waals surface area contributed by atoms with Gasteiger partial charge < -0.3 is 10.4 Å². The normalized spacial score (nSPS) is 11.9. The van der Waals surface area contributed by atoms with Gasteiger partial charge in [-0.15, -0.1) is 0 Å². The number of benzene rings is 2. The first-order valence-electron chi connectivity index (χ1n) is 6.80. The Bertz CT molecular complexity index is 687. The number of nitrogens with one attached hydrogen (secondary N) is 1. The third kappa shape index (κ3) is 3.73. The lowest BCUT2D eigenvalue weighted by molar-refractivity contribution is -0.170. The van der Waals surface area contributed by atoms with Gasteiger partial charge in [0.05, 0.1) is 7.11 Å². The third-order valence-electron chi connectivity index (χ3n) is 3.43. The molecule has 0 unspecified atom stereocenters. The Labute approximate surface area is 128 Å². The van der Waals surface area contributed by atoms with Gasteiger partial charge in [0, 0.05) is 13.5 Å². The number of hydrogen-bond acceptors (Lipinski definition) is 3. The van der Waals surface area contributed by atoms with Crippen molar-refractivity contribution < 1.29 is 19.5 Å². The number of carbonyl (C=O) groups excluding carboxylic acids is 1. The van der Waals surface area contributed by atoms with Crippen LogP contribution in [-0.2, 0) is 16.1 Å². The van der Waals surface area contributed by atoms with Crippen LogP contribution < -0.4 is 5.32 Å². The summed E-state index contributed by atoms with van der Waals surface area (Å²) in [6, 6.07) is 12.7. The van der Waals surface area contributed by atoms with Crippen LogP contribution in [0.25, 0.3) is 10.8 Å². The van der Waals surface area contributed by atoms with E-state index in [0.29, 0.717) is 0 Å². The Morgan fingerprint density at radius 1 is 1.23 bits per heavy atom. The molecular weight excluding hydrogens is 284 g/mol. The van der Waals surface area contributed by atoms with E-state index in [9.17, 15) is 9.59 Å². The molecule has 2 rings (SSSR count). The fraction of sp³-hybridized carbons (Fsp3) is 0.250.